The molecule has 21 heavy (non-hydrogen) atoms. The van der Waals surface area contributed by atoms with E-state index in [1.54, 1.807) is 0 Å². The SMILES string of the molecule is CC1CCCCN1C(=O)CN1CCN(C2CCNC2)CC1. The van der Waals surface area contributed by atoms with Gasteiger partial charge in [-0.15, -0.1) is 0 Å². The van der Waals surface area contributed by atoms with Crippen LogP contribution in [-0.2, 0) is 4.79 Å². The third-order valence-electron chi connectivity index (χ3n) is 5.44. The van der Waals surface area contributed by atoms with Crippen molar-refractivity contribution in [3.63, 3.8) is 0 Å². The van der Waals surface area contributed by atoms with Crippen LogP contribution in [0.1, 0.15) is 32.6 Å². The molecular weight excluding hydrogens is 264 g/mol. The summed E-state index contributed by atoms with van der Waals surface area (Å²) in [6.07, 6.45) is 4.91. The average Bonchev–Trinajstić information content (AvgIpc) is 3.02. The molecule has 2 atom stereocenters. The first-order valence-corrected chi connectivity index (χ1v) is 8.70. The van der Waals surface area contributed by atoms with Gasteiger partial charge in [-0.2, -0.15) is 0 Å². The van der Waals surface area contributed by atoms with E-state index >= 15 is 0 Å². The second-order valence-corrected chi connectivity index (χ2v) is 6.89. The van der Waals surface area contributed by atoms with Crippen LogP contribution in [0.2, 0.25) is 0 Å². The Bertz CT molecular complexity index is 348. The largest absolute Gasteiger partial charge is 0.339 e. The van der Waals surface area contributed by atoms with Crippen LogP contribution in [0.5, 0.6) is 0 Å². The Labute approximate surface area is 128 Å². The maximum atomic E-state index is 12.5. The normalized spacial score (nSPS) is 32.5. The number of hydrogen-bond donors (Lipinski definition) is 1. The van der Waals surface area contributed by atoms with Crippen molar-refractivity contribution in [3.05, 3.63) is 0 Å². The monoisotopic (exact) mass is 294 g/mol. The molecule has 3 saturated heterocycles. The number of hydrogen-bond acceptors (Lipinski definition) is 4. The fourth-order valence-electron chi connectivity index (χ4n) is 3.99. The molecular formula is C16H30N4O. The van der Waals surface area contributed by atoms with Gasteiger partial charge in [-0.1, -0.05) is 0 Å². The van der Waals surface area contributed by atoms with E-state index in [4.69, 9.17) is 0 Å². The maximum Gasteiger partial charge on any atom is 0.236 e. The lowest BCUT2D eigenvalue weighted by Crippen LogP contribution is -2.54. The number of rotatable bonds is 3. The van der Waals surface area contributed by atoms with E-state index < -0.39 is 0 Å². The van der Waals surface area contributed by atoms with E-state index in [1.165, 1.54) is 25.7 Å². The van der Waals surface area contributed by atoms with Gasteiger partial charge in [0.15, 0.2) is 0 Å². The van der Waals surface area contributed by atoms with Crippen molar-refractivity contribution in [2.24, 2.45) is 0 Å². The van der Waals surface area contributed by atoms with Crippen LogP contribution >= 0.6 is 0 Å². The standard InChI is InChI=1S/C16H30N4O/c1-14-4-2-3-7-20(14)16(21)13-18-8-10-19(11-9-18)15-5-6-17-12-15/h14-15,17H,2-13H2,1H3. The highest BCUT2D eigenvalue weighted by Gasteiger charge is 2.29. The smallest absolute Gasteiger partial charge is 0.236 e. The molecule has 0 radical (unpaired) electrons. The number of nitrogens with one attached hydrogen (secondary N) is 1. The minimum atomic E-state index is 0.346. The van der Waals surface area contributed by atoms with E-state index in [0.717, 1.165) is 51.9 Å². The van der Waals surface area contributed by atoms with Crippen molar-refractivity contribution in [2.45, 2.75) is 44.7 Å². The van der Waals surface area contributed by atoms with Crippen molar-refractivity contribution in [3.8, 4) is 0 Å². The Balaban J connectivity index is 1.43. The molecule has 0 spiro atoms. The Morgan fingerprint density at radius 2 is 1.90 bits per heavy atom. The number of piperazine rings is 1. The van der Waals surface area contributed by atoms with Crippen molar-refractivity contribution in [1.29, 1.82) is 0 Å². The first-order valence-electron chi connectivity index (χ1n) is 8.70. The molecule has 3 aliphatic heterocycles. The highest BCUT2D eigenvalue weighted by atomic mass is 16.2. The molecule has 0 aromatic carbocycles. The zero-order chi connectivity index (χ0) is 14.7. The zero-order valence-electron chi connectivity index (χ0n) is 13.4. The van der Waals surface area contributed by atoms with E-state index in [1.807, 2.05) is 0 Å². The molecule has 5 nitrogen and oxygen atoms in total. The fourth-order valence-corrected chi connectivity index (χ4v) is 3.99. The predicted octanol–water partition coefficient (Wildman–Crippen LogP) is 0.367. The number of piperidine rings is 1. The lowest BCUT2D eigenvalue weighted by Gasteiger charge is -2.39. The molecule has 1 amide bonds. The van der Waals surface area contributed by atoms with Gasteiger partial charge in [-0.05, 0) is 39.2 Å². The lowest BCUT2D eigenvalue weighted by atomic mass is 10.0. The van der Waals surface area contributed by atoms with Crippen LogP contribution in [0.25, 0.3) is 0 Å². The highest BCUT2D eigenvalue weighted by molar-refractivity contribution is 5.78. The van der Waals surface area contributed by atoms with E-state index in [2.05, 4.69) is 26.9 Å². The molecule has 120 valence electrons. The third kappa shape index (κ3) is 3.76. The Hall–Kier alpha value is -0.650. The van der Waals surface area contributed by atoms with Crippen LogP contribution in [0.4, 0.5) is 0 Å². The second kappa shape index (κ2) is 7.07. The lowest BCUT2D eigenvalue weighted by molar-refractivity contribution is -0.136. The molecule has 1 N–H and O–H groups in total. The average molecular weight is 294 g/mol. The molecule has 3 aliphatic rings. The summed E-state index contributed by atoms with van der Waals surface area (Å²) >= 11 is 0. The molecule has 0 aliphatic carbocycles. The van der Waals surface area contributed by atoms with Gasteiger partial charge in [0, 0.05) is 51.4 Å². The number of amides is 1. The van der Waals surface area contributed by atoms with Gasteiger partial charge in [-0.25, -0.2) is 0 Å². The van der Waals surface area contributed by atoms with E-state index in [9.17, 15) is 4.79 Å². The summed E-state index contributed by atoms with van der Waals surface area (Å²) in [6, 6.07) is 1.17. The molecule has 0 aromatic rings. The number of nitrogens with zero attached hydrogens (tertiary/aromatic N) is 3. The quantitative estimate of drug-likeness (QED) is 0.816. The van der Waals surface area contributed by atoms with Gasteiger partial charge >= 0.3 is 0 Å². The first-order chi connectivity index (χ1) is 10.2. The van der Waals surface area contributed by atoms with Crippen LogP contribution in [0.3, 0.4) is 0 Å². The summed E-state index contributed by atoms with van der Waals surface area (Å²) in [5.41, 5.74) is 0. The number of carbonyl (C=O) groups excluding carboxylic acids is 1. The van der Waals surface area contributed by atoms with Crippen LogP contribution in [0.15, 0.2) is 0 Å². The summed E-state index contributed by atoms with van der Waals surface area (Å²) in [5, 5.41) is 3.44. The second-order valence-electron chi connectivity index (χ2n) is 6.89. The molecule has 0 bridgehead atoms. The van der Waals surface area contributed by atoms with Gasteiger partial charge in [0.2, 0.25) is 5.91 Å². The number of likely N-dealkylation sites (tertiary alicyclic amines) is 1. The summed E-state index contributed by atoms with van der Waals surface area (Å²) < 4.78 is 0. The number of carbonyl (C=O) groups is 1. The van der Waals surface area contributed by atoms with E-state index in [-0.39, 0.29) is 0 Å². The topological polar surface area (TPSA) is 38.8 Å². The summed E-state index contributed by atoms with van der Waals surface area (Å²) in [7, 11) is 0. The first kappa shape index (κ1) is 15.3. The van der Waals surface area contributed by atoms with Crippen molar-refractivity contribution < 1.29 is 4.79 Å². The van der Waals surface area contributed by atoms with Crippen LogP contribution in [0, 0.1) is 0 Å². The van der Waals surface area contributed by atoms with E-state index in [0.29, 0.717) is 18.5 Å². The van der Waals surface area contributed by atoms with Crippen molar-refractivity contribution in [1.82, 2.24) is 20.0 Å². The molecule has 0 aromatic heterocycles. The Morgan fingerprint density at radius 1 is 1.10 bits per heavy atom. The molecule has 2 unspecified atom stereocenters. The van der Waals surface area contributed by atoms with Crippen LogP contribution in [-0.4, -0.2) is 85.0 Å². The van der Waals surface area contributed by atoms with Gasteiger partial charge in [0.25, 0.3) is 0 Å². The van der Waals surface area contributed by atoms with Gasteiger partial charge in [0.1, 0.15) is 0 Å². The minimum absolute atomic E-state index is 0.346. The Kier molecular flexibility index (Phi) is 5.14. The Morgan fingerprint density at radius 3 is 2.57 bits per heavy atom. The summed E-state index contributed by atoms with van der Waals surface area (Å²) in [6.45, 7) is 10.4. The molecule has 3 heterocycles. The molecule has 3 rings (SSSR count). The van der Waals surface area contributed by atoms with Crippen molar-refractivity contribution >= 4 is 5.91 Å². The van der Waals surface area contributed by atoms with Crippen molar-refractivity contribution in [2.75, 3.05) is 52.4 Å². The van der Waals surface area contributed by atoms with Gasteiger partial charge in [-0.3, -0.25) is 14.6 Å². The minimum Gasteiger partial charge on any atom is -0.339 e. The summed E-state index contributed by atoms with van der Waals surface area (Å²) in [4.78, 5) is 19.5. The zero-order valence-corrected chi connectivity index (χ0v) is 13.4. The third-order valence-corrected chi connectivity index (χ3v) is 5.44. The fraction of sp³-hybridized carbons (Fsp3) is 0.938. The van der Waals surface area contributed by atoms with Crippen LogP contribution < -0.4 is 5.32 Å². The maximum absolute atomic E-state index is 12.5. The molecule has 3 fully saturated rings. The summed E-state index contributed by atoms with van der Waals surface area (Å²) in [5.74, 6) is 0.346. The highest BCUT2D eigenvalue weighted by Crippen LogP contribution is 2.17. The predicted molar refractivity (Wildman–Crippen MR) is 84.3 cm³/mol. The molecule has 5 heteroatoms. The molecule has 0 saturated carbocycles. The van der Waals surface area contributed by atoms with Gasteiger partial charge in [0.05, 0.1) is 6.54 Å². The van der Waals surface area contributed by atoms with Gasteiger partial charge < -0.3 is 10.2 Å².